The number of hydrogen-bond donors (Lipinski definition) is 1. The van der Waals surface area contributed by atoms with Gasteiger partial charge >= 0.3 is 0 Å². The third-order valence-electron chi connectivity index (χ3n) is 5.45. The van der Waals surface area contributed by atoms with Crippen LogP contribution in [0.5, 0.6) is 5.75 Å². The standard InChI is InChI=1S/C21H26N4O4S/c1-28-17-6-4-16(5-7-17)22-21-23-18(14-30-21)20(27)25-8-2-3-15(13-25)19(26)24-9-11-29-12-10-24/h4-7,14-15H,2-3,8-13H2,1H3,(H,22,23)/t15-/m1/s1. The second-order valence-electron chi connectivity index (χ2n) is 7.42. The normalized spacial score (nSPS) is 19.4. The van der Waals surface area contributed by atoms with E-state index in [1.807, 2.05) is 29.2 Å². The summed E-state index contributed by atoms with van der Waals surface area (Å²) in [5.41, 5.74) is 1.29. The van der Waals surface area contributed by atoms with Crippen molar-refractivity contribution in [3.8, 4) is 5.75 Å². The summed E-state index contributed by atoms with van der Waals surface area (Å²) in [6.45, 7) is 3.55. The van der Waals surface area contributed by atoms with Crippen molar-refractivity contribution in [1.29, 1.82) is 0 Å². The molecule has 2 fully saturated rings. The number of carbonyl (C=O) groups excluding carboxylic acids is 2. The molecule has 2 aliphatic heterocycles. The van der Waals surface area contributed by atoms with E-state index < -0.39 is 0 Å². The first-order chi connectivity index (χ1) is 14.6. The van der Waals surface area contributed by atoms with E-state index in [0.717, 1.165) is 24.3 Å². The molecule has 0 aliphatic carbocycles. The van der Waals surface area contributed by atoms with Crippen LogP contribution in [0.4, 0.5) is 10.8 Å². The fourth-order valence-corrected chi connectivity index (χ4v) is 4.50. The third kappa shape index (κ3) is 4.73. The molecule has 9 heteroatoms. The van der Waals surface area contributed by atoms with E-state index in [-0.39, 0.29) is 17.7 Å². The van der Waals surface area contributed by atoms with Gasteiger partial charge in [0.1, 0.15) is 11.4 Å². The molecule has 0 radical (unpaired) electrons. The van der Waals surface area contributed by atoms with Crippen LogP contribution in [0.3, 0.4) is 0 Å². The molecule has 0 unspecified atom stereocenters. The molecule has 2 aromatic rings. The lowest BCUT2D eigenvalue weighted by Crippen LogP contribution is -2.49. The highest BCUT2D eigenvalue weighted by molar-refractivity contribution is 7.14. The van der Waals surface area contributed by atoms with E-state index in [1.54, 1.807) is 17.4 Å². The number of methoxy groups -OCH3 is 1. The molecule has 2 saturated heterocycles. The molecule has 3 heterocycles. The van der Waals surface area contributed by atoms with Crippen LogP contribution in [0.1, 0.15) is 23.3 Å². The van der Waals surface area contributed by atoms with Crippen molar-refractivity contribution in [1.82, 2.24) is 14.8 Å². The summed E-state index contributed by atoms with van der Waals surface area (Å²) >= 11 is 1.39. The second-order valence-corrected chi connectivity index (χ2v) is 8.28. The van der Waals surface area contributed by atoms with E-state index in [4.69, 9.17) is 9.47 Å². The molecule has 0 spiro atoms. The van der Waals surface area contributed by atoms with E-state index >= 15 is 0 Å². The average Bonchev–Trinajstić information content (AvgIpc) is 3.27. The number of nitrogens with one attached hydrogen (secondary N) is 1. The van der Waals surface area contributed by atoms with Gasteiger partial charge in [0.25, 0.3) is 5.91 Å². The lowest BCUT2D eigenvalue weighted by molar-refractivity contribution is -0.141. The summed E-state index contributed by atoms with van der Waals surface area (Å²) in [6, 6.07) is 7.52. The Balaban J connectivity index is 1.37. The number of aromatic nitrogens is 1. The van der Waals surface area contributed by atoms with E-state index in [0.29, 0.717) is 50.2 Å². The molecule has 30 heavy (non-hydrogen) atoms. The highest BCUT2D eigenvalue weighted by Gasteiger charge is 2.32. The fourth-order valence-electron chi connectivity index (χ4n) is 3.79. The number of thiazole rings is 1. The van der Waals surface area contributed by atoms with Crippen LogP contribution < -0.4 is 10.1 Å². The van der Waals surface area contributed by atoms with Crippen molar-refractivity contribution < 1.29 is 19.1 Å². The predicted octanol–water partition coefficient (Wildman–Crippen LogP) is 2.61. The maximum absolute atomic E-state index is 13.0. The summed E-state index contributed by atoms with van der Waals surface area (Å²) < 4.78 is 10.5. The molecule has 4 rings (SSSR count). The van der Waals surface area contributed by atoms with Gasteiger partial charge in [-0.25, -0.2) is 4.98 Å². The largest absolute Gasteiger partial charge is 0.497 e. The number of benzene rings is 1. The number of carbonyl (C=O) groups is 2. The van der Waals surface area contributed by atoms with Gasteiger partial charge < -0.3 is 24.6 Å². The SMILES string of the molecule is COc1ccc(Nc2nc(C(=O)N3CCC[C@@H](C(=O)N4CCOCC4)C3)cs2)cc1. The fraction of sp³-hybridized carbons (Fsp3) is 0.476. The van der Waals surface area contributed by atoms with Gasteiger partial charge in [-0.1, -0.05) is 0 Å². The summed E-state index contributed by atoms with van der Waals surface area (Å²) in [5.74, 6) is 0.655. The van der Waals surface area contributed by atoms with Crippen molar-refractivity contribution in [2.45, 2.75) is 12.8 Å². The zero-order chi connectivity index (χ0) is 20.9. The summed E-state index contributed by atoms with van der Waals surface area (Å²) in [6.07, 6.45) is 1.65. The quantitative estimate of drug-likeness (QED) is 0.785. The van der Waals surface area contributed by atoms with Crippen molar-refractivity contribution in [3.63, 3.8) is 0 Å². The summed E-state index contributed by atoms with van der Waals surface area (Å²) in [4.78, 5) is 33.9. The van der Waals surface area contributed by atoms with Gasteiger partial charge in [-0.05, 0) is 37.1 Å². The van der Waals surface area contributed by atoms with Gasteiger partial charge in [0.2, 0.25) is 5.91 Å². The molecule has 1 aromatic carbocycles. The Bertz CT molecular complexity index is 879. The van der Waals surface area contributed by atoms with Crippen LogP contribution in [-0.2, 0) is 9.53 Å². The van der Waals surface area contributed by atoms with Crippen LogP contribution in [-0.4, -0.2) is 73.1 Å². The first kappa shape index (κ1) is 20.6. The Labute approximate surface area is 179 Å². The molecule has 1 atom stereocenters. The van der Waals surface area contributed by atoms with Gasteiger partial charge in [-0.15, -0.1) is 11.3 Å². The minimum atomic E-state index is -0.142. The number of nitrogens with zero attached hydrogens (tertiary/aromatic N) is 3. The first-order valence-electron chi connectivity index (χ1n) is 10.2. The first-order valence-corrected chi connectivity index (χ1v) is 11.0. The topological polar surface area (TPSA) is 84.0 Å². The van der Waals surface area contributed by atoms with Gasteiger partial charge in [0.15, 0.2) is 5.13 Å². The Morgan fingerprint density at radius 1 is 1.17 bits per heavy atom. The zero-order valence-electron chi connectivity index (χ0n) is 17.0. The second kappa shape index (κ2) is 9.44. The number of ether oxygens (including phenoxy) is 2. The summed E-state index contributed by atoms with van der Waals surface area (Å²) in [5, 5.41) is 5.63. The molecule has 8 nitrogen and oxygen atoms in total. The molecule has 2 aliphatic rings. The van der Waals surface area contributed by atoms with Crippen LogP contribution >= 0.6 is 11.3 Å². The van der Waals surface area contributed by atoms with Crippen LogP contribution in [0.2, 0.25) is 0 Å². The van der Waals surface area contributed by atoms with E-state index in [1.165, 1.54) is 11.3 Å². The number of amides is 2. The van der Waals surface area contributed by atoms with Crippen molar-refractivity contribution >= 4 is 34.0 Å². The number of morpholine rings is 1. The maximum atomic E-state index is 13.0. The molecule has 1 aromatic heterocycles. The average molecular weight is 431 g/mol. The molecule has 0 saturated carbocycles. The van der Waals surface area contributed by atoms with Gasteiger partial charge in [-0.3, -0.25) is 9.59 Å². The number of rotatable bonds is 5. The van der Waals surface area contributed by atoms with Crippen LogP contribution in [0.25, 0.3) is 0 Å². The van der Waals surface area contributed by atoms with Crippen LogP contribution in [0.15, 0.2) is 29.6 Å². The molecule has 2 amide bonds. The van der Waals surface area contributed by atoms with E-state index in [9.17, 15) is 9.59 Å². The van der Waals surface area contributed by atoms with Gasteiger partial charge in [0, 0.05) is 37.2 Å². The Kier molecular flexibility index (Phi) is 6.49. The molecular weight excluding hydrogens is 404 g/mol. The zero-order valence-corrected chi connectivity index (χ0v) is 17.8. The Morgan fingerprint density at radius 3 is 2.67 bits per heavy atom. The number of hydrogen-bond acceptors (Lipinski definition) is 7. The van der Waals surface area contributed by atoms with Gasteiger partial charge in [-0.2, -0.15) is 0 Å². The summed E-state index contributed by atoms with van der Waals surface area (Å²) in [7, 11) is 1.63. The van der Waals surface area contributed by atoms with Crippen molar-refractivity contribution in [3.05, 3.63) is 35.3 Å². The van der Waals surface area contributed by atoms with E-state index in [2.05, 4.69) is 10.3 Å². The predicted molar refractivity (Wildman–Crippen MR) is 114 cm³/mol. The minimum absolute atomic E-state index is 0.117. The molecular formula is C21H26N4O4S. The van der Waals surface area contributed by atoms with Crippen LogP contribution in [0, 0.1) is 5.92 Å². The van der Waals surface area contributed by atoms with Crippen molar-refractivity contribution in [2.75, 3.05) is 51.8 Å². The lowest BCUT2D eigenvalue weighted by atomic mass is 9.96. The number of anilines is 2. The Hall–Kier alpha value is -2.65. The Morgan fingerprint density at radius 2 is 1.93 bits per heavy atom. The number of piperidine rings is 1. The maximum Gasteiger partial charge on any atom is 0.273 e. The van der Waals surface area contributed by atoms with Crippen molar-refractivity contribution in [2.24, 2.45) is 5.92 Å². The lowest BCUT2D eigenvalue weighted by Gasteiger charge is -2.36. The molecule has 0 bridgehead atoms. The molecule has 1 N–H and O–H groups in total. The molecule has 160 valence electrons. The highest BCUT2D eigenvalue weighted by atomic mass is 32.1. The smallest absolute Gasteiger partial charge is 0.273 e. The minimum Gasteiger partial charge on any atom is -0.497 e. The third-order valence-corrected chi connectivity index (χ3v) is 6.20. The van der Waals surface area contributed by atoms with Gasteiger partial charge in [0.05, 0.1) is 26.2 Å². The number of likely N-dealkylation sites (tertiary alicyclic amines) is 1. The highest BCUT2D eigenvalue weighted by Crippen LogP contribution is 2.25. The monoisotopic (exact) mass is 430 g/mol.